The average molecular weight is 729 g/mol. The van der Waals surface area contributed by atoms with Gasteiger partial charge in [0.05, 0.1) is 106 Å². The Kier molecular flexibility index (Phi) is 18.2. The molecule has 5 rings (SSSR count). The first-order valence-electron chi connectivity index (χ1n) is 18.1. The van der Waals surface area contributed by atoms with Crippen LogP contribution in [0, 0.1) is 0 Å². The Balaban J connectivity index is 1.22. The van der Waals surface area contributed by atoms with Crippen LogP contribution in [-0.2, 0) is 42.7 Å². The lowest BCUT2D eigenvalue weighted by molar-refractivity contribution is -0.111. The van der Waals surface area contributed by atoms with Crippen molar-refractivity contribution in [1.29, 1.82) is 0 Å². The number of allylic oxidation sites excluding steroid dienone is 2. The van der Waals surface area contributed by atoms with Crippen molar-refractivity contribution in [3.63, 3.8) is 0 Å². The molecule has 0 atom stereocenters. The van der Waals surface area contributed by atoms with E-state index < -0.39 is 0 Å². The van der Waals surface area contributed by atoms with E-state index in [1.165, 1.54) is 0 Å². The third-order valence-corrected chi connectivity index (χ3v) is 8.04. The number of carbonyl (C=O) groups is 1. The molecule has 0 N–H and O–H groups in total. The molecule has 2 aliphatic heterocycles. The molecule has 0 aromatic heterocycles. The Labute approximate surface area is 305 Å². The minimum atomic E-state index is 0.0143. The van der Waals surface area contributed by atoms with E-state index in [2.05, 4.69) is 0 Å². The summed E-state index contributed by atoms with van der Waals surface area (Å²) in [5, 5.41) is 0. The molecular formula is C39H52O13. The van der Waals surface area contributed by atoms with Crippen LogP contribution in [0.2, 0.25) is 0 Å². The molecule has 0 radical (unpaired) electrons. The fourth-order valence-electron chi connectivity index (χ4n) is 5.44. The zero-order chi connectivity index (χ0) is 35.9. The van der Waals surface area contributed by atoms with Crippen LogP contribution in [-0.4, -0.2) is 138 Å². The Hall–Kier alpha value is -3.53. The summed E-state index contributed by atoms with van der Waals surface area (Å²) >= 11 is 0. The zero-order valence-corrected chi connectivity index (χ0v) is 30.0. The van der Waals surface area contributed by atoms with E-state index in [0.717, 1.165) is 22.3 Å². The number of Topliss-reactive ketones (excluding diaryl/α,β-unsaturated/α-hetero) is 1. The Bertz CT molecular complexity index is 1310. The highest BCUT2D eigenvalue weighted by molar-refractivity contribution is 6.15. The van der Waals surface area contributed by atoms with Crippen LogP contribution in [0.25, 0.3) is 12.2 Å². The molecule has 2 heterocycles. The van der Waals surface area contributed by atoms with Crippen LogP contribution in [0.4, 0.5) is 0 Å². The lowest BCUT2D eigenvalue weighted by Gasteiger charge is -2.15. The Morgan fingerprint density at radius 3 is 0.923 bits per heavy atom. The predicted octanol–water partition coefficient (Wildman–Crippen LogP) is 4.19. The first-order chi connectivity index (χ1) is 25.8. The Morgan fingerprint density at radius 1 is 0.346 bits per heavy atom. The number of ether oxygens (including phenoxy) is 12. The molecule has 0 spiro atoms. The molecule has 2 aromatic rings. The minimum absolute atomic E-state index is 0.0143. The smallest absolute Gasteiger partial charge is 0.185 e. The SMILES string of the molecule is O=C1/C(=C/c2ccc3c(c2)OCCOCCOCCOCCOCCO3)CC/C1=C\c1ccc2c(c1)OCCOCCOCCOCCOCCO2. The number of carbonyl (C=O) groups excluding carboxylic acids is 1. The molecular weight excluding hydrogens is 676 g/mol. The summed E-state index contributed by atoms with van der Waals surface area (Å²) in [6, 6.07) is 11.3. The van der Waals surface area contributed by atoms with Crippen molar-refractivity contribution in [3.8, 4) is 23.0 Å². The van der Waals surface area contributed by atoms with Gasteiger partial charge in [0.1, 0.15) is 26.4 Å². The fraction of sp³-hybridized carbons (Fsp3) is 0.564. The summed E-state index contributed by atoms with van der Waals surface area (Å²) in [5.74, 6) is 2.35. The normalized spacial score (nSPS) is 22.2. The fourth-order valence-corrected chi connectivity index (χ4v) is 5.44. The molecule has 0 bridgehead atoms. The van der Waals surface area contributed by atoms with Crippen molar-refractivity contribution in [1.82, 2.24) is 0 Å². The summed E-state index contributed by atoms with van der Waals surface area (Å²) in [5.41, 5.74) is 3.15. The lowest BCUT2D eigenvalue weighted by Crippen LogP contribution is -2.16. The highest BCUT2D eigenvalue weighted by atomic mass is 16.6. The minimum Gasteiger partial charge on any atom is -0.487 e. The first kappa shape index (κ1) is 39.7. The summed E-state index contributed by atoms with van der Waals surface area (Å²) in [4.78, 5) is 13.6. The maximum atomic E-state index is 13.6. The van der Waals surface area contributed by atoms with Crippen LogP contribution in [0.5, 0.6) is 23.0 Å². The molecule has 0 saturated heterocycles. The number of hydrogen-bond donors (Lipinski definition) is 0. The van der Waals surface area contributed by atoms with E-state index in [1.807, 2.05) is 48.6 Å². The van der Waals surface area contributed by atoms with Gasteiger partial charge in [-0.3, -0.25) is 4.79 Å². The van der Waals surface area contributed by atoms with Gasteiger partial charge in [0, 0.05) is 11.1 Å². The second-order valence-electron chi connectivity index (χ2n) is 11.9. The van der Waals surface area contributed by atoms with E-state index in [0.29, 0.717) is 168 Å². The molecule has 1 fully saturated rings. The molecule has 1 aliphatic carbocycles. The number of rotatable bonds is 2. The number of benzene rings is 2. The van der Waals surface area contributed by atoms with E-state index in [4.69, 9.17) is 56.8 Å². The van der Waals surface area contributed by atoms with Crippen LogP contribution >= 0.6 is 0 Å². The molecule has 13 heteroatoms. The highest BCUT2D eigenvalue weighted by Gasteiger charge is 2.23. The van der Waals surface area contributed by atoms with Gasteiger partial charge in [-0.1, -0.05) is 12.1 Å². The molecule has 2 aromatic carbocycles. The lowest BCUT2D eigenvalue weighted by atomic mass is 10.1. The largest absolute Gasteiger partial charge is 0.487 e. The maximum absolute atomic E-state index is 13.6. The van der Waals surface area contributed by atoms with E-state index in [-0.39, 0.29) is 5.78 Å². The monoisotopic (exact) mass is 728 g/mol. The van der Waals surface area contributed by atoms with Gasteiger partial charge in [-0.25, -0.2) is 0 Å². The van der Waals surface area contributed by atoms with Crippen LogP contribution in [0.15, 0.2) is 47.5 Å². The van der Waals surface area contributed by atoms with Crippen molar-refractivity contribution < 1.29 is 61.6 Å². The first-order valence-corrected chi connectivity index (χ1v) is 18.1. The maximum Gasteiger partial charge on any atom is 0.185 e. The van der Waals surface area contributed by atoms with Gasteiger partial charge in [0.25, 0.3) is 0 Å². The number of hydrogen-bond acceptors (Lipinski definition) is 13. The molecule has 3 aliphatic rings. The van der Waals surface area contributed by atoms with E-state index in [9.17, 15) is 4.79 Å². The van der Waals surface area contributed by atoms with Gasteiger partial charge in [-0.05, 0) is 60.4 Å². The second-order valence-corrected chi connectivity index (χ2v) is 11.9. The third-order valence-electron chi connectivity index (χ3n) is 8.04. The van der Waals surface area contributed by atoms with Crippen molar-refractivity contribution >= 4 is 17.9 Å². The Morgan fingerprint density at radius 2 is 0.615 bits per heavy atom. The average Bonchev–Trinajstić information content (AvgIpc) is 3.49. The standard InChI is InChI=1S/C39H52O13/c40-39-33(27-31-1-5-35-37(29-31)51-25-21-47-17-13-43-9-7-41-11-15-45-19-23-49-35)3-4-34(39)28-32-2-6-36-38(30-32)52-26-22-48-18-14-44-10-8-42-12-16-46-20-24-50-36/h1-2,5-6,27-30H,3-4,7-26H2/b33-27+,34-28+. The number of fused-ring (bicyclic) bond motifs is 2. The van der Waals surface area contributed by atoms with E-state index >= 15 is 0 Å². The van der Waals surface area contributed by atoms with Crippen LogP contribution in [0.3, 0.4) is 0 Å². The van der Waals surface area contributed by atoms with Gasteiger partial charge >= 0.3 is 0 Å². The van der Waals surface area contributed by atoms with Gasteiger partial charge in [0.15, 0.2) is 28.8 Å². The molecule has 286 valence electrons. The van der Waals surface area contributed by atoms with Crippen molar-refractivity contribution in [3.05, 3.63) is 58.7 Å². The molecule has 0 amide bonds. The van der Waals surface area contributed by atoms with Gasteiger partial charge in [-0.15, -0.1) is 0 Å². The van der Waals surface area contributed by atoms with Gasteiger partial charge < -0.3 is 56.8 Å². The zero-order valence-electron chi connectivity index (χ0n) is 30.0. The molecule has 52 heavy (non-hydrogen) atoms. The molecule has 1 saturated carbocycles. The highest BCUT2D eigenvalue weighted by Crippen LogP contribution is 2.35. The summed E-state index contributed by atoms with van der Waals surface area (Å²) < 4.78 is 68.6. The second kappa shape index (κ2) is 23.9. The summed E-state index contributed by atoms with van der Waals surface area (Å²) in [6.45, 7) is 8.86. The van der Waals surface area contributed by atoms with Crippen molar-refractivity contribution in [2.45, 2.75) is 12.8 Å². The topological polar surface area (TPSA) is 128 Å². The van der Waals surface area contributed by atoms with Crippen molar-refractivity contribution in [2.75, 3.05) is 132 Å². The van der Waals surface area contributed by atoms with Crippen molar-refractivity contribution in [2.24, 2.45) is 0 Å². The number of ketones is 1. The molecule has 0 unspecified atom stereocenters. The van der Waals surface area contributed by atoms with Crippen LogP contribution < -0.4 is 18.9 Å². The third kappa shape index (κ3) is 14.5. The van der Waals surface area contributed by atoms with Crippen LogP contribution in [0.1, 0.15) is 24.0 Å². The van der Waals surface area contributed by atoms with E-state index in [1.54, 1.807) is 0 Å². The predicted molar refractivity (Wildman–Crippen MR) is 192 cm³/mol. The quantitative estimate of drug-likeness (QED) is 0.411. The summed E-state index contributed by atoms with van der Waals surface area (Å²) in [6.07, 6.45) is 5.10. The van der Waals surface area contributed by atoms with Gasteiger partial charge in [0.2, 0.25) is 0 Å². The molecule has 13 nitrogen and oxygen atoms in total. The summed E-state index contributed by atoms with van der Waals surface area (Å²) in [7, 11) is 0. The van der Waals surface area contributed by atoms with Gasteiger partial charge in [-0.2, -0.15) is 0 Å².